The Morgan fingerprint density at radius 3 is 2.95 bits per heavy atom. The van der Waals surface area contributed by atoms with Gasteiger partial charge in [-0.25, -0.2) is 4.39 Å². The van der Waals surface area contributed by atoms with Gasteiger partial charge >= 0.3 is 0 Å². The summed E-state index contributed by atoms with van der Waals surface area (Å²) in [4.78, 5) is 14.5. The van der Waals surface area contributed by atoms with Crippen LogP contribution in [-0.2, 0) is 0 Å². The largest absolute Gasteiger partial charge is 0.334 e. The van der Waals surface area contributed by atoms with E-state index in [1.54, 1.807) is 6.07 Å². The van der Waals surface area contributed by atoms with Crippen molar-refractivity contribution in [3.05, 3.63) is 34.1 Å². The van der Waals surface area contributed by atoms with Gasteiger partial charge in [0.2, 0.25) is 0 Å². The molecule has 0 aromatic heterocycles. The number of carbonyl (C=O) groups is 1. The minimum atomic E-state index is -0.340. The maximum Gasteiger partial charge on any atom is 0.255 e. The van der Waals surface area contributed by atoms with Crippen molar-refractivity contribution in [1.29, 1.82) is 0 Å². The molecule has 0 aliphatic carbocycles. The fraction of sp³-hybridized carbons (Fsp3) is 0.500. The molecule has 1 N–H and O–H groups in total. The highest BCUT2D eigenvalue weighted by atomic mass is 79.9. The highest BCUT2D eigenvalue weighted by Gasteiger charge is 2.27. The molecule has 19 heavy (non-hydrogen) atoms. The first-order chi connectivity index (χ1) is 9.13. The molecular formula is C14H18BrFN2O. The predicted octanol–water partition coefficient (Wildman–Crippen LogP) is 2.80. The summed E-state index contributed by atoms with van der Waals surface area (Å²) in [5.41, 5.74) is 0.529. The second kappa shape index (κ2) is 6.48. The number of carbonyl (C=O) groups excluding carboxylic acids is 1. The number of nitrogens with one attached hydrogen (secondary N) is 1. The average Bonchev–Trinajstić information content (AvgIpc) is 2.89. The Kier molecular flexibility index (Phi) is 4.93. The lowest BCUT2D eigenvalue weighted by Gasteiger charge is -2.28. The van der Waals surface area contributed by atoms with E-state index in [-0.39, 0.29) is 17.8 Å². The summed E-state index contributed by atoms with van der Waals surface area (Å²) >= 11 is 3.27. The predicted molar refractivity (Wildman–Crippen MR) is 76.7 cm³/mol. The highest BCUT2D eigenvalue weighted by Crippen LogP contribution is 2.22. The molecule has 1 amide bonds. The minimum absolute atomic E-state index is 0.0255. The number of hydrogen-bond acceptors (Lipinski definition) is 2. The van der Waals surface area contributed by atoms with E-state index >= 15 is 0 Å². The Labute approximate surface area is 121 Å². The van der Waals surface area contributed by atoms with Crippen molar-refractivity contribution in [2.75, 3.05) is 19.6 Å². The molecule has 1 aromatic rings. The molecular weight excluding hydrogens is 311 g/mol. The molecule has 3 nitrogen and oxygen atoms in total. The molecule has 1 unspecified atom stereocenters. The van der Waals surface area contributed by atoms with E-state index in [0.29, 0.717) is 10.0 Å². The van der Waals surface area contributed by atoms with Crippen molar-refractivity contribution in [2.45, 2.75) is 25.8 Å². The van der Waals surface area contributed by atoms with Crippen molar-refractivity contribution in [2.24, 2.45) is 0 Å². The van der Waals surface area contributed by atoms with Crippen LogP contribution in [0.15, 0.2) is 22.7 Å². The molecule has 0 saturated carbocycles. The van der Waals surface area contributed by atoms with Crippen LogP contribution in [0.4, 0.5) is 4.39 Å². The molecule has 1 aromatic carbocycles. The number of benzene rings is 1. The smallest absolute Gasteiger partial charge is 0.255 e. The first kappa shape index (κ1) is 14.5. The monoisotopic (exact) mass is 328 g/mol. The highest BCUT2D eigenvalue weighted by molar-refractivity contribution is 9.10. The van der Waals surface area contributed by atoms with Gasteiger partial charge in [0.05, 0.1) is 5.56 Å². The van der Waals surface area contributed by atoms with Gasteiger partial charge in [-0.05, 0) is 53.5 Å². The van der Waals surface area contributed by atoms with Gasteiger partial charge in [-0.3, -0.25) is 4.79 Å². The van der Waals surface area contributed by atoms with Crippen molar-refractivity contribution < 1.29 is 9.18 Å². The van der Waals surface area contributed by atoms with Crippen LogP contribution in [0, 0.1) is 5.82 Å². The fourth-order valence-corrected chi connectivity index (χ4v) is 2.93. The van der Waals surface area contributed by atoms with Gasteiger partial charge in [0, 0.05) is 23.6 Å². The van der Waals surface area contributed by atoms with Crippen LogP contribution in [0.2, 0.25) is 0 Å². The molecule has 104 valence electrons. The average molecular weight is 329 g/mol. The zero-order valence-corrected chi connectivity index (χ0v) is 12.5. The number of halogens is 2. The summed E-state index contributed by atoms with van der Waals surface area (Å²) in [5.74, 6) is -0.365. The molecule has 2 rings (SSSR count). The molecule has 1 fully saturated rings. The molecule has 1 aliphatic heterocycles. The lowest BCUT2D eigenvalue weighted by atomic mass is 10.1. The Balaban J connectivity index is 2.22. The Hall–Kier alpha value is -0.940. The van der Waals surface area contributed by atoms with Crippen molar-refractivity contribution in [3.63, 3.8) is 0 Å². The molecule has 1 atom stereocenters. The van der Waals surface area contributed by atoms with Crippen LogP contribution in [0.3, 0.4) is 0 Å². The Morgan fingerprint density at radius 2 is 2.37 bits per heavy atom. The number of rotatable bonds is 4. The van der Waals surface area contributed by atoms with Gasteiger partial charge in [-0.1, -0.05) is 6.92 Å². The number of hydrogen-bond donors (Lipinski definition) is 1. The quantitative estimate of drug-likeness (QED) is 0.921. The van der Waals surface area contributed by atoms with Gasteiger partial charge in [0.15, 0.2) is 0 Å². The van der Waals surface area contributed by atoms with E-state index in [1.165, 1.54) is 12.1 Å². The zero-order valence-electron chi connectivity index (χ0n) is 11.0. The van der Waals surface area contributed by atoms with Crippen LogP contribution in [0.25, 0.3) is 0 Å². The second-order valence-corrected chi connectivity index (χ2v) is 5.62. The third-order valence-electron chi connectivity index (χ3n) is 3.36. The van der Waals surface area contributed by atoms with E-state index in [9.17, 15) is 9.18 Å². The van der Waals surface area contributed by atoms with E-state index in [2.05, 4.69) is 28.2 Å². The Morgan fingerprint density at radius 1 is 1.58 bits per heavy atom. The van der Waals surface area contributed by atoms with Crippen molar-refractivity contribution in [3.8, 4) is 0 Å². The standard InChI is InChI=1S/C14H18BrFN2O/c1-2-7-18(11-5-6-17-9-11)14(19)12-4-3-10(16)8-13(12)15/h3-4,8,11,17H,2,5-7,9H2,1H3. The molecule has 1 saturated heterocycles. The van der Waals surface area contributed by atoms with E-state index in [4.69, 9.17) is 0 Å². The summed E-state index contributed by atoms with van der Waals surface area (Å²) in [6.07, 6.45) is 1.89. The summed E-state index contributed by atoms with van der Waals surface area (Å²) in [5, 5.41) is 3.28. The van der Waals surface area contributed by atoms with Crippen molar-refractivity contribution in [1.82, 2.24) is 10.2 Å². The normalized spacial score (nSPS) is 18.6. The Bertz CT molecular complexity index is 461. The molecule has 0 radical (unpaired) electrons. The summed E-state index contributed by atoms with van der Waals surface area (Å²) in [7, 11) is 0. The van der Waals surface area contributed by atoms with Crippen LogP contribution in [0.1, 0.15) is 30.1 Å². The fourth-order valence-electron chi connectivity index (χ4n) is 2.41. The van der Waals surface area contributed by atoms with Gasteiger partial charge in [-0.2, -0.15) is 0 Å². The maximum absolute atomic E-state index is 13.1. The minimum Gasteiger partial charge on any atom is -0.334 e. The first-order valence-corrected chi connectivity index (χ1v) is 7.39. The van der Waals surface area contributed by atoms with Crippen LogP contribution in [-0.4, -0.2) is 36.5 Å². The van der Waals surface area contributed by atoms with Crippen LogP contribution >= 0.6 is 15.9 Å². The third kappa shape index (κ3) is 3.34. The molecule has 0 bridgehead atoms. The molecule has 0 spiro atoms. The first-order valence-electron chi connectivity index (χ1n) is 6.60. The summed E-state index contributed by atoms with van der Waals surface area (Å²) < 4.78 is 13.6. The van der Waals surface area contributed by atoms with Crippen LogP contribution < -0.4 is 5.32 Å². The summed E-state index contributed by atoms with van der Waals surface area (Å²) in [6, 6.07) is 4.45. The number of amides is 1. The lowest BCUT2D eigenvalue weighted by Crippen LogP contribution is -2.42. The van der Waals surface area contributed by atoms with Gasteiger partial charge in [0.1, 0.15) is 5.82 Å². The topological polar surface area (TPSA) is 32.3 Å². The maximum atomic E-state index is 13.1. The van der Waals surface area contributed by atoms with E-state index < -0.39 is 0 Å². The van der Waals surface area contributed by atoms with E-state index in [0.717, 1.165) is 32.5 Å². The van der Waals surface area contributed by atoms with Gasteiger partial charge in [0.25, 0.3) is 5.91 Å². The molecule has 5 heteroatoms. The third-order valence-corrected chi connectivity index (χ3v) is 4.02. The lowest BCUT2D eigenvalue weighted by molar-refractivity contribution is 0.0691. The SMILES string of the molecule is CCCN(C(=O)c1ccc(F)cc1Br)C1CCNC1. The molecule has 1 aliphatic rings. The zero-order chi connectivity index (χ0) is 13.8. The van der Waals surface area contributed by atoms with Gasteiger partial charge < -0.3 is 10.2 Å². The second-order valence-electron chi connectivity index (χ2n) is 4.77. The van der Waals surface area contributed by atoms with Crippen LogP contribution in [0.5, 0.6) is 0 Å². The molecule has 1 heterocycles. The van der Waals surface area contributed by atoms with E-state index in [1.807, 2.05) is 4.90 Å². The summed E-state index contributed by atoms with van der Waals surface area (Å²) in [6.45, 7) is 4.57. The van der Waals surface area contributed by atoms with Crippen molar-refractivity contribution >= 4 is 21.8 Å². The van der Waals surface area contributed by atoms with Gasteiger partial charge in [-0.15, -0.1) is 0 Å². The number of nitrogens with zero attached hydrogens (tertiary/aromatic N) is 1.